The van der Waals surface area contributed by atoms with Gasteiger partial charge in [-0.1, -0.05) is 0 Å². The maximum absolute atomic E-state index is 4.58. The van der Waals surface area contributed by atoms with Gasteiger partial charge < -0.3 is 4.18 Å². The van der Waals surface area contributed by atoms with Gasteiger partial charge in [0.05, 0.1) is 14.0 Å². The van der Waals surface area contributed by atoms with Crippen molar-refractivity contribution in [1.29, 1.82) is 0 Å². The van der Waals surface area contributed by atoms with E-state index in [9.17, 15) is 0 Å². The first kappa shape index (κ1) is 6.26. The van der Waals surface area contributed by atoms with Crippen molar-refractivity contribution < 1.29 is 4.18 Å². The Hall–Kier alpha value is 1.26. The average Bonchev–Trinajstić information content (AvgIpc) is 1.38. The largest absolute Gasteiger partial charge is 0.307 e. The molecule has 0 aliphatic carbocycles. The Kier molecular flexibility index (Phi) is 4.32. The minimum Gasteiger partial charge on any atom is -0.307 e. The van der Waals surface area contributed by atoms with Gasteiger partial charge in [0.2, 0.25) is 0 Å². The maximum Gasteiger partial charge on any atom is 0.0711 e. The van der Waals surface area contributed by atoms with Crippen molar-refractivity contribution in [3.63, 3.8) is 0 Å². The van der Waals surface area contributed by atoms with Gasteiger partial charge in [-0.15, -0.1) is 0 Å². The first-order valence-corrected chi connectivity index (χ1v) is 5.51. The molecule has 0 bridgehead atoms. The van der Waals surface area contributed by atoms with Gasteiger partial charge in [-0.3, -0.25) is 0 Å². The first-order chi connectivity index (χ1) is 2.27. The molecule has 0 fully saturated rings. The van der Waals surface area contributed by atoms with Crippen LogP contribution < -0.4 is 0 Å². The highest BCUT2D eigenvalue weighted by Gasteiger charge is 1.69. The van der Waals surface area contributed by atoms with Crippen LogP contribution in [0.25, 0.3) is 0 Å². The summed E-state index contributed by atoms with van der Waals surface area (Å²) in [7, 11) is 1.60. The topological polar surface area (TPSA) is 9.23 Å². The fourth-order valence-corrected chi connectivity index (χ4v) is 0. The average molecular weight is 222 g/mol. The standard InChI is InChI=1S/CH3IOS2/c1-3-5(2)4/h1H3. The van der Waals surface area contributed by atoms with E-state index < -0.39 is 0 Å². The van der Waals surface area contributed by atoms with Gasteiger partial charge in [-0.05, 0) is 11.2 Å². The van der Waals surface area contributed by atoms with E-state index >= 15 is 0 Å². The lowest BCUT2D eigenvalue weighted by Crippen LogP contribution is -1.71. The van der Waals surface area contributed by atoms with Gasteiger partial charge in [-0.2, -0.15) is 0 Å². The van der Waals surface area contributed by atoms with Crippen LogP contribution in [0, 0.1) is 0 Å². The molecular weight excluding hydrogens is 219 g/mol. The summed E-state index contributed by atoms with van der Waals surface area (Å²) in [4.78, 5) is 0. The highest BCUT2D eigenvalue weighted by molar-refractivity contribution is 14.2. The second-order valence-corrected chi connectivity index (χ2v) is 6.18. The van der Waals surface area contributed by atoms with Crippen LogP contribution in [0.15, 0.2) is 0 Å². The Labute approximate surface area is 50.5 Å². The van der Waals surface area contributed by atoms with E-state index in [4.69, 9.17) is 0 Å². The lowest BCUT2D eigenvalue weighted by molar-refractivity contribution is 0.494. The van der Waals surface area contributed by atoms with Crippen molar-refractivity contribution in [2.75, 3.05) is 7.11 Å². The molecule has 1 nitrogen and oxygen atoms in total. The Balaban J connectivity index is 2.85. The van der Waals surface area contributed by atoms with E-state index in [1.165, 1.54) is 0 Å². The van der Waals surface area contributed by atoms with Gasteiger partial charge in [0.1, 0.15) is 0 Å². The Morgan fingerprint density at radius 2 is 2.20 bits per heavy atom. The van der Waals surface area contributed by atoms with Gasteiger partial charge in [0.15, 0.2) is 0 Å². The molecule has 0 amide bonds. The molecule has 0 heterocycles. The zero-order valence-corrected chi connectivity index (χ0v) is 6.39. The predicted molar refractivity (Wildman–Crippen MR) is 35.8 cm³/mol. The molecular formula is CH3IOS2. The summed E-state index contributed by atoms with van der Waals surface area (Å²) in [5.41, 5.74) is 0. The molecule has 0 N–H and O–H groups in total. The van der Waals surface area contributed by atoms with Crippen LogP contribution in [0.5, 0.6) is 0 Å². The van der Waals surface area contributed by atoms with Crippen molar-refractivity contribution in [2.24, 2.45) is 0 Å². The van der Waals surface area contributed by atoms with Crippen molar-refractivity contribution >= 4 is 39.3 Å². The van der Waals surface area contributed by atoms with Crippen LogP contribution in [0.2, 0.25) is 0 Å². The van der Waals surface area contributed by atoms with Crippen LogP contribution >= 0.6 is 21.2 Å². The van der Waals surface area contributed by atoms with Gasteiger partial charge >= 0.3 is 0 Å². The monoisotopic (exact) mass is 222 g/mol. The van der Waals surface area contributed by atoms with Gasteiger partial charge in [0.25, 0.3) is 0 Å². The normalized spacial score (nSPS) is 14.8. The molecule has 0 radical (unpaired) electrons. The fourth-order valence-electron chi connectivity index (χ4n) is 0. The summed E-state index contributed by atoms with van der Waals surface area (Å²) in [5, 5.41) is 0. The van der Waals surface area contributed by atoms with Crippen molar-refractivity contribution in [3.05, 3.63) is 0 Å². The molecule has 5 heavy (non-hydrogen) atoms. The van der Waals surface area contributed by atoms with E-state index in [1.54, 1.807) is 7.11 Å². The number of rotatable bonds is 1. The second kappa shape index (κ2) is 3.45. The molecule has 0 aromatic rings. The molecule has 0 saturated heterocycles. The zero-order valence-electron chi connectivity index (χ0n) is 2.60. The number of hydrogen-bond acceptors (Lipinski definition) is 2. The summed E-state index contributed by atoms with van der Waals surface area (Å²) in [5.74, 6) is 0. The predicted octanol–water partition coefficient (Wildman–Crippen LogP) is 0.978. The molecule has 0 spiro atoms. The van der Waals surface area contributed by atoms with Crippen LogP contribution in [-0.2, 0) is 22.3 Å². The highest BCUT2D eigenvalue weighted by Crippen LogP contribution is 1.91. The van der Waals surface area contributed by atoms with E-state index in [1.807, 2.05) is 21.2 Å². The van der Waals surface area contributed by atoms with E-state index in [2.05, 4.69) is 15.4 Å². The quantitative estimate of drug-likeness (QED) is 0.483. The van der Waals surface area contributed by atoms with Gasteiger partial charge in [0, 0.05) is 21.2 Å². The highest BCUT2D eigenvalue weighted by atomic mass is 127. The molecule has 0 rings (SSSR count). The van der Waals surface area contributed by atoms with E-state index in [0.717, 1.165) is 0 Å². The fraction of sp³-hybridized carbons (Fsp3) is 1.00. The Morgan fingerprint density at radius 3 is 2.20 bits per heavy atom. The summed E-state index contributed by atoms with van der Waals surface area (Å²) in [6.45, 7) is -0.269. The SMILES string of the molecule is COS(=S)I. The lowest BCUT2D eigenvalue weighted by Gasteiger charge is -1.80. The maximum atomic E-state index is 4.58. The number of hydrogen-bond donors (Lipinski definition) is 0. The van der Waals surface area contributed by atoms with Crippen molar-refractivity contribution in [2.45, 2.75) is 0 Å². The van der Waals surface area contributed by atoms with Crippen molar-refractivity contribution in [1.82, 2.24) is 0 Å². The van der Waals surface area contributed by atoms with Crippen LogP contribution in [0.1, 0.15) is 0 Å². The third-order valence-electron chi connectivity index (χ3n) is 0.131. The minimum atomic E-state index is -0.269. The second-order valence-electron chi connectivity index (χ2n) is 0.361. The van der Waals surface area contributed by atoms with Crippen LogP contribution in [-0.4, -0.2) is 7.11 Å². The molecule has 0 aromatic heterocycles. The third-order valence-corrected chi connectivity index (χ3v) is 1.88. The first-order valence-electron chi connectivity index (χ1n) is 0.896. The molecule has 0 aromatic carbocycles. The molecule has 0 aliphatic heterocycles. The summed E-state index contributed by atoms with van der Waals surface area (Å²) >= 11 is 6.60. The van der Waals surface area contributed by atoms with E-state index in [-0.39, 0.29) is 6.91 Å². The number of halogens is 1. The van der Waals surface area contributed by atoms with Crippen LogP contribution in [0.3, 0.4) is 0 Å². The molecule has 4 heteroatoms. The molecule has 0 aliphatic rings. The third kappa shape index (κ3) is 5.26. The zero-order chi connectivity index (χ0) is 4.28. The van der Waals surface area contributed by atoms with E-state index in [0.29, 0.717) is 0 Å². The molecule has 1 atom stereocenters. The molecule has 32 valence electrons. The van der Waals surface area contributed by atoms with Gasteiger partial charge in [-0.25, -0.2) is 0 Å². The molecule has 0 saturated carbocycles. The lowest BCUT2D eigenvalue weighted by atomic mass is 11.8. The Bertz CT molecular complexity index is 44.9. The van der Waals surface area contributed by atoms with Crippen molar-refractivity contribution in [3.8, 4) is 0 Å². The van der Waals surface area contributed by atoms with Crippen LogP contribution in [0.4, 0.5) is 0 Å². The summed E-state index contributed by atoms with van der Waals surface area (Å²) in [6.07, 6.45) is 0. The molecule has 1 unspecified atom stereocenters. The Morgan fingerprint density at radius 1 is 2.00 bits per heavy atom. The summed E-state index contributed by atoms with van der Waals surface area (Å²) < 4.78 is 4.58. The smallest absolute Gasteiger partial charge is 0.0711 e. The minimum absolute atomic E-state index is 0.269. The summed E-state index contributed by atoms with van der Waals surface area (Å²) in [6, 6.07) is 0.